The van der Waals surface area contributed by atoms with Crippen LogP contribution in [0.1, 0.15) is 16.2 Å². The summed E-state index contributed by atoms with van der Waals surface area (Å²) in [6, 6.07) is 0. The van der Waals surface area contributed by atoms with Gasteiger partial charge >= 0.3 is 5.97 Å². The summed E-state index contributed by atoms with van der Waals surface area (Å²) in [4.78, 5) is 20.2. The number of hydrogen-bond donors (Lipinski definition) is 0. The summed E-state index contributed by atoms with van der Waals surface area (Å²) in [7, 11) is 3.19. The van der Waals surface area contributed by atoms with E-state index in [-0.39, 0.29) is 0 Å². The lowest BCUT2D eigenvalue weighted by Gasteiger charge is -2.00. The number of fused-ring (bicyclic) bond motifs is 1. The average molecular weight is 271 g/mol. The van der Waals surface area contributed by atoms with E-state index in [4.69, 9.17) is 4.74 Å². The number of imidazole rings is 1. The molecule has 0 saturated heterocycles. The van der Waals surface area contributed by atoms with Gasteiger partial charge in [0.25, 0.3) is 0 Å². The SMILES string of the molecule is COC(=O)c1nc2cnc(-c3cnn(C)c3)cn2c1C. The van der Waals surface area contributed by atoms with Crippen LogP contribution in [0.5, 0.6) is 0 Å². The lowest BCUT2D eigenvalue weighted by molar-refractivity contribution is 0.0594. The van der Waals surface area contributed by atoms with Crippen LogP contribution in [-0.4, -0.2) is 37.2 Å². The van der Waals surface area contributed by atoms with Crippen molar-refractivity contribution in [2.24, 2.45) is 7.05 Å². The Morgan fingerprint density at radius 3 is 2.75 bits per heavy atom. The van der Waals surface area contributed by atoms with Gasteiger partial charge in [-0.25, -0.2) is 9.78 Å². The maximum atomic E-state index is 11.6. The standard InChI is InChI=1S/C13H13N5O2/c1-8-12(13(19)20-3)16-11-5-14-10(7-18(8)11)9-4-15-17(2)6-9/h4-7H,1-3H3. The van der Waals surface area contributed by atoms with Gasteiger partial charge in [-0.2, -0.15) is 5.10 Å². The number of aromatic nitrogens is 5. The molecule has 0 aliphatic heterocycles. The number of rotatable bonds is 2. The zero-order valence-corrected chi connectivity index (χ0v) is 11.4. The van der Waals surface area contributed by atoms with Crippen LogP contribution in [0.15, 0.2) is 24.8 Å². The highest BCUT2D eigenvalue weighted by Crippen LogP contribution is 2.19. The number of nitrogens with zero attached hydrogens (tertiary/aromatic N) is 5. The predicted octanol–water partition coefficient (Wildman–Crippen LogP) is 1.22. The Morgan fingerprint density at radius 2 is 2.10 bits per heavy atom. The van der Waals surface area contributed by atoms with Crippen LogP contribution >= 0.6 is 0 Å². The molecule has 0 N–H and O–H groups in total. The Hall–Kier alpha value is -2.70. The van der Waals surface area contributed by atoms with Crippen LogP contribution < -0.4 is 0 Å². The Morgan fingerprint density at radius 1 is 1.30 bits per heavy atom. The first-order chi connectivity index (χ1) is 9.60. The van der Waals surface area contributed by atoms with Gasteiger partial charge in [-0.05, 0) is 6.92 Å². The second-order valence-corrected chi connectivity index (χ2v) is 4.44. The molecule has 0 aliphatic rings. The molecule has 0 amide bonds. The van der Waals surface area contributed by atoms with Gasteiger partial charge in [0.2, 0.25) is 0 Å². The summed E-state index contributed by atoms with van der Waals surface area (Å²) < 4.78 is 8.25. The Balaban J connectivity index is 2.16. The maximum Gasteiger partial charge on any atom is 0.358 e. The van der Waals surface area contributed by atoms with Crippen molar-refractivity contribution in [1.82, 2.24) is 24.1 Å². The summed E-state index contributed by atoms with van der Waals surface area (Å²) in [6.45, 7) is 1.82. The monoisotopic (exact) mass is 271 g/mol. The van der Waals surface area contributed by atoms with Crippen molar-refractivity contribution in [2.75, 3.05) is 7.11 Å². The first kappa shape index (κ1) is 12.3. The van der Waals surface area contributed by atoms with Crippen molar-refractivity contribution in [2.45, 2.75) is 6.92 Å². The molecule has 0 spiro atoms. The van der Waals surface area contributed by atoms with E-state index in [0.717, 1.165) is 17.0 Å². The van der Waals surface area contributed by atoms with E-state index in [0.29, 0.717) is 11.3 Å². The summed E-state index contributed by atoms with van der Waals surface area (Å²) in [5.74, 6) is -0.450. The summed E-state index contributed by atoms with van der Waals surface area (Å²) in [6.07, 6.45) is 7.08. The van der Waals surface area contributed by atoms with Gasteiger partial charge in [0.05, 0.1) is 30.9 Å². The van der Waals surface area contributed by atoms with Gasteiger partial charge in [-0.15, -0.1) is 0 Å². The molecule has 3 rings (SSSR count). The number of aryl methyl sites for hydroxylation is 2. The second-order valence-electron chi connectivity index (χ2n) is 4.44. The van der Waals surface area contributed by atoms with E-state index in [2.05, 4.69) is 15.1 Å². The molecule has 3 aromatic rings. The van der Waals surface area contributed by atoms with Gasteiger partial charge in [-0.1, -0.05) is 0 Å². The largest absolute Gasteiger partial charge is 0.464 e. The van der Waals surface area contributed by atoms with Crippen molar-refractivity contribution in [3.8, 4) is 11.3 Å². The molecule has 0 unspecified atom stereocenters. The van der Waals surface area contributed by atoms with Gasteiger partial charge in [0.1, 0.15) is 0 Å². The summed E-state index contributed by atoms with van der Waals surface area (Å²) in [5.41, 5.74) is 3.30. The minimum atomic E-state index is -0.450. The Labute approximate surface area is 114 Å². The van der Waals surface area contributed by atoms with Gasteiger partial charge in [0.15, 0.2) is 11.3 Å². The normalized spacial score (nSPS) is 10.9. The molecular weight excluding hydrogens is 258 g/mol. The zero-order valence-electron chi connectivity index (χ0n) is 11.4. The molecule has 3 aromatic heterocycles. The van der Waals surface area contributed by atoms with Gasteiger partial charge < -0.3 is 4.74 Å². The molecular formula is C13H13N5O2. The molecule has 102 valence electrons. The van der Waals surface area contributed by atoms with Crippen molar-refractivity contribution in [3.63, 3.8) is 0 Å². The average Bonchev–Trinajstić information content (AvgIpc) is 3.02. The fourth-order valence-electron chi connectivity index (χ4n) is 2.06. The van der Waals surface area contributed by atoms with Crippen LogP contribution in [0.3, 0.4) is 0 Å². The molecule has 0 aromatic carbocycles. The lowest BCUT2D eigenvalue weighted by atomic mass is 10.2. The van der Waals surface area contributed by atoms with Crippen molar-refractivity contribution in [1.29, 1.82) is 0 Å². The topological polar surface area (TPSA) is 74.3 Å². The highest BCUT2D eigenvalue weighted by atomic mass is 16.5. The first-order valence-corrected chi connectivity index (χ1v) is 6.02. The number of methoxy groups -OCH3 is 1. The molecule has 0 fully saturated rings. The van der Waals surface area contributed by atoms with E-state index in [1.807, 2.05) is 30.8 Å². The fraction of sp³-hybridized carbons (Fsp3) is 0.231. The molecule has 7 heteroatoms. The quantitative estimate of drug-likeness (QED) is 0.655. The minimum absolute atomic E-state index is 0.303. The third-order valence-electron chi connectivity index (χ3n) is 3.13. The van der Waals surface area contributed by atoms with Crippen LogP contribution in [0.2, 0.25) is 0 Å². The number of hydrogen-bond acceptors (Lipinski definition) is 5. The van der Waals surface area contributed by atoms with Gasteiger partial charge in [-0.3, -0.25) is 14.1 Å². The third kappa shape index (κ3) is 1.83. The van der Waals surface area contributed by atoms with E-state index < -0.39 is 5.97 Å². The van der Waals surface area contributed by atoms with E-state index >= 15 is 0 Å². The van der Waals surface area contributed by atoms with Crippen LogP contribution in [-0.2, 0) is 11.8 Å². The third-order valence-corrected chi connectivity index (χ3v) is 3.13. The number of ether oxygens (including phenoxy) is 1. The van der Waals surface area contributed by atoms with E-state index in [1.54, 1.807) is 17.1 Å². The Kier molecular flexibility index (Phi) is 2.74. The van der Waals surface area contributed by atoms with Crippen LogP contribution in [0, 0.1) is 6.92 Å². The highest BCUT2D eigenvalue weighted by molar-refractivity contribution is 5.89. The fourth-order valence-corrected chi connectivity index (χ4v) is 2.06. The van der Waals surface area contributed by atoms with Crippen molar-refractivity contribution < 1.29 is 9.53 Å². The summed E-state index contributed by atoms with van der Waals surface area (Å²) in [5, 5.41) is 4.12. The molecule has 20 heavy (non-hydrogen) atoms. The molecule has 7 nitrogen and oxygen atoms in total. The second kappa shape index (κ2) is 4.44. The molecule has 0 aliphatic carbocycles. The lowest BCUT2D eigenvalue weighted by Crippen LogP contribution is -2.03. The van der Waals surface area contributed by atoms with Gasteiger partial charge in [0, 0.05) is 25.0 Å². The number of carbonyl (C=O) groups excluding carboxylic acids is 1. The molecule has 0 saturated carbocycles. The maximum absolute atomic E-state index is 11.6. The molecule has 0 radical (unpaired) electrons. The molecule has 0 atom stereocenters. The number of carbonyl (C=O) groups is 1. The first-order valence-electron chi connectivity index (χ1n) is 6.02. The van der Waals surface area contributed by atoms with Crippen molar-refractivity contribution >= 4 is 11.6 Å². The molecule has 0 bridgehead atoms. The van der Waals surface area contributed by atoms with E-state index in [9.17, 15) is 4.79 Å². The minimum Gasteiger partial charge on any atom is -0.464 e. The smallest absolute Gasteiger partial charge is 0.358 e. The van der Waals surface area contributed by atoms with E-state index in [1.165, 1.54) is 7.11 Å². The zero-order chi connectivity index (χ0) is 14.3. The predicted molar refractivity (Wildman–Crippen MR) is 71.3 cm³/mol. The summed E-state index contributed by atoms with van der Waals surface area (Å²) >= 11 is 0. The Bertz CT molecular complexity index is 802. The van der Waals surface area contributed by atoms with Crippen molar-refractivity contribution in [3.05, 3.63) is 36.2 Å². The van der Waals surface area contributed by atoms with Crippen LogP contribution in [0.25, 0.3) is 16.9 Å². The molecule has 3 heterocycles. The highest BCUT2D eigenvalue weighted by Gasteiger charge is 2.17. The van der Waals surface area contributed by atoms with Crippen LogP contribution in [0.4, 0.5) is 0 Å². The number of esters is 1.